The van der Waals surface area contributed by atoms with Gasteiger partial charge < -0.3 is 15.8 Å². The zero-order valence-corrected chi connectivity index (χ0v) is 11.8. The van der Waals surface area contributed by atoms with Gasteiger partial charge in [0, 0.05) is 24.2 Å². The summed E-state index contributed by atoms with van der Waals surface area (Å²) >= 11 is 0. The fourth-order valence-electron chi connectivity index (χ4n) is 2.48. The molecule has 0 spiro atoms. The van der Waals surface area contributed by atoms with E-state index in [-0.39, 0.29) is 6.04 Å². The fraction of sp³-hybridized carbons (Fsp3) is 0.375. The van der Waals surface area contributed by atoms with Gasteiger partial charge in [-0.3, -0.25) is 0 Å². The summed E-state index contributed by atoms with van der Waals surface area (Å²) in [6, 6.07) is 12.9. The number of benzene rings is 2. The molecule has 0 bridgehead atoms. The summed E-state index contributed by atoms with van der Waals surface area (Å²) in [7, 11) is 1.70. The number of hydrogen-bond donors (Lipinski definition) is 2. The second kappa shape index (κ2) is 6.04. The first-order chi connectivity index (χ1) is 9.17. The van der Waals surface area contributed by atoms with Crippen LogP contribution in [0.15, 0.2) is 36.4 Å². The van der Waals surface area contributed by atoms with E-state index in [2.05, 4.69) is 37.4 Å². The van der Waals surface area contributed by atoms with E-state index in [1.165, 1.54) is 10.8 Å². The second-order valence-corrected chi connectivity index (χ2v) is 5.01. The Kier molecular flexibility index (Phi) is 4.40. The Morgan fingerprint density at radius 1 is 1.16 bits per heavy atom. The molecule has 0 fully saturated rings. The van der Waals surface area contributed by atoms with Crippen LogP contribution in [0.3, 0.4) is 0 Å². The Hall–Kier alpha value is -1.58. The number of fused-ring (bicyclic) bond motifs is 1. The standard InChI is InChI=1S/C16H22N2O/c1-11(2)18-14(10-17)16-13-7-5-4-6-12(13)8-9-15(16)19-3/h4-9,11,14,18H,10,17H2,1-3H3. The molecule has 1 unspecified atom stereocenters. The van der Waals surface area contributed by atoms with Crippen molar-refractivity contribution in [3.05, 3.63) is 42.0 Å². The molecule has 0 aliphatic carbocycles. The van der Waals surface area contributed by atoms with Crippen LogP contribution >= 0.6 is 0 Å². The van der Waals surface area contributed by atoms with Crippen LogP contribution in [0.1, 0.15) is 25.5 Å². The van der Waals surface area contributed by atoms with Crippen LogP contribution in [-0.2, 0) is 0 Å². The molecule has 3 heteroatoms. The minimum Gasteiger partial charge on any atom is -0.496 e. The molecule has 0 amide bonds. The third kappa shape index (κ3) is 2.88. The first-order valence-corrected chi connectivity index (χ1v) is 6.69. The van der Waals surface area contributed by atoms with Crippen molar-refractivity contribution in [2.45, 2.75) is 25.9 Å². The summed E-state index contributed by atoms with van der Waals surface area (Å²) < 4.78 is 5.52. The molecule has 1 atom stereocenters. The zero-order valence-electron chi connectivity index (χ0n) is 11.8. The van der Waals surface area contributed by atoms with Crippen molar-refractivity contribution in [2.24, 2.45) is 5.73 Å². The maximum Gasteiger partial charge on any atom is 0.124 e. The van der Waals surface area contributed by atoms with Crippen LogP contribution in [0.2, 0.25) is 0 Å². The Morgan fingerprint density at radius 2 is 1.89 bits per heavy atom. The normalized spacial score (nSPS) is 12.9. The molecule has 3 nitrogen and oxygen atoms in total. The number of ether oxygens (including phenoxy) is 1. The van der Waals surface area contributed by atoms with Gasteiger partial charge in [-0.25, -0.2) is 0 Å². The highest BCUT2D eigenvalue weighted by molar-refractivity contribution is 5.88. The molecule has 19 heavy (non-hydrogen) atoms. The van der Waals surface area contributed by atoms with Crippen LogP contribution in [0.25, 0.3) is 10.8 Å². The average molecular weight is 258 g/mol. The maximum absolute atomic E-state index is 5.95. The summed E-state index contributed by atoms with van der Waals surface area (Å²) in [5, 5.41) is 5.92. The lowest BCUT2D eigenvalue weighted by molar-refractivity contribution is 0.396. The fourth-order valence-corrected chi connectivity index (χ4v) is 2.48. The van der Waals surface area contributed by atoms with Crippen molar-refractivity contribution < 1.29 is 4.74 Å². The van der Waals surface area contributed by atoms with Gasteiger partial charge in [-0.05, 0) is 16.8 Å². The van der Waals surface area contributed by atoms with E-state index in [9.17, 15) is 0 Å². The molecule has 0 saturated carbocycles. The van der Waals surface area contributed by atoms with Crippen LogP contribution in [-0.4, -0.2) is 19.7 Å². The highest BCUT2D eigenvalue weighted by Gasteiger charge is 2.18. The van der Waals surface area contributed by atoms with Crippen molar-refractivity contribution >= 4 is 10.8 Å². The second-order valence-electron chi connectivity index (χ2n) is 5.01. The summed E-state index contributed by atoms with van der Waals surface area (Å²) in [6.07, 6.45) is 0. The maximum atomic E-state index is 5.95. The molecule has 0 radical (unpaired) electrons. The number of nitrogens with one attached hydrogen (secondary N) is 1. The van der Waals surface area contributed by atoms with Gasteiger partial charge in [0.25, 0.3) is 0 Å². The third-order valence-corrected chi connectivity index (χ3v) is 3.27. The Morgan fingerprint density at radius 3 is 2.53 bits per heavy atom. The molecule has 2 aromatic rings. The monoisotopic (exact) mass is 258 g/mol. The molecular weight excluding hydrogens is 236 g/mol. The smallest absolute Gasteiger partial charge is 0.124 e. The topological polar surface area (TPSA) is 47.3 Å². The van der Waals surface area contributed by atoms with Gasteiger partial charge in [0.15, 0.2) is 0 Å². The highest BCUT2D eigenvalue weighted by atomic mass is 16.5. The molecule has 2 aromatic carbocycles. The molecule has 0 aromatic heterocycles. The largest absolute Gasteiger partial charge is 0.496 e. The minimum atomic E-state index is 0.0982. The first-order valence-electron chi connectivity index (χ1n) is 6.69. The molecule has 0 aliphatic rings. The van der Waals surface area contributed by atoms with E-state index in [0.29, 0.717) is 12.6 Å². The number of methoxy groups -OCH3 is 1. The lowest BCUT2D eigenvalue weighted by atomic mass is 9.97. The van der Waals surface area contributed by atoms with E-state index >= 15 is 0 Å². The Bertz CT molecular complexity index is 551. The predicted octanol–water partition coefficient (Wildman–Crippen LogP) is 2.85. The Labute approximate surface area is 114 Å². The van der Waals surface area contributed by atoms with Crippen molar-refractivity contribution in [3.63, 3.8) is 0 Å². The van der Waals surface area contributed by atoms with E-state index in [1.807, 2.05) is 18.2 Å². The first kappa shape index (κ1) is 13.8. The average Bonchev–Trinajstić information content (AvgIpc) is 2.43. The van der Waals surface area contributed by atoms with E-state index in [0.717, 1.165) is 11.3 Å². The third-order valence-electron chi connectivity index (χ3n) is 3.27. The van der Waals surface area contributed by atoms with Crippen molar-refractivity contribution in [1.82, 2.24) is 5.32 Å². The number of rotatable bonds is 5. The van der Waals surface area contributed by atoms with E-state index < -0.39 is 0 Å². The van der Waals surface area contributed by atoms with Gasteiger partial charge in [-0.2, -0.15) is 0 Å². The molecular formula is C16H22N2O. The van der Waals surface area contributed by atoms with Crippen LogP contribution in [0, 0.1) is 0 Å². The summed E-state index contributed by atoms with van der Waals surface area (Å²) in [5.41, 5.74) is 7.10. The summed E-state index contributed by atoms with van der Waals surface area (Å²) in [4.78, 5) is 0. The zero-order chi connectivity index (χ0) is 13.8. The van der Waals surface area contributed by atoms with Crippen LogP contribution in [0.5, 0.6) is 5.75 Å². The molecule has 0 saturated heterocycles. The minimum absolute atomic E-state index is 0.0982. The highest BCUT2D eigenvalue weighted by Crippen LogP contribution is 2.32. The summed E-state index contributed by atoms with van der Waals surface area (Å²) in [6.45, 7) is 4.79. The van der Waals surface area contributed by atoms with Gasteiger partial charge in [-0.1, -0.05) is 44.2 Å². The predicted molar refractivity (Wildman–Crippen MR) is 80.6 cm³/mol. The lowest BCUT2D eigenvalue weighted by Crippen LogP contribution is -2.33. The van der Waals surface area contributed by atoms with Crippen molar-refractivity contribution in [3.8, 4) is 5.75 Å². The van der Waals surface area contributed by atoms with Gasteiger partial charge >= 0.3 is 0 Å². The lowest BCUT2D eigenvalue weighted by Gasteiger charge is -2.23. The van der Waals surface area contributed by atoms with E-state index in [4.69, 9.17) is 10.5 Å². The SMILES string of the molecule is COc1ccc2ccccc2c1C(CN)NC(C)C. The summed E-state index contributed by atoms with van der Waals surface area (Å²) in [5.74, 6) is 0.891. The van der Waals surface area contributed by atoms with E-state index in [1.54, 1.807) is 7.11 Å². The van der Waals surface area contributed by atoms with Crippen molar-refractivity contribution in [1.29, 1.82) is 0 Å². The quantitative estimate of drug-likeness (QED) is 0.867. The molecule has 102 valence electrons. The molecule has 3 N–H and O–H groups in total. The number of hydrogen-bond acceptors (Lipinski definition) is 3. The molecule has 0 heterocycles. The Balaban J connectivity index is 2.60. The molecule has 2 rings (SSSR count). The van der Waals surface area contributed by atoms with Crippen LogP contribution < -0.4 is 15.8 Å². The van der Waals surface area contributed by atoms with Gasteiger partial charge in [0.2, 0.25) is 0 Å². The van der Waals surface area contributed by atoms with Gasteiger partial charge in [0.05, 0.1) is 7.11 Å². The van der Waals surface area contributed by atoms with Crippen LogP contribution in [0.4, 0.5) is 0 Å². The van der Waals surface area contributed by atoms with Gasteiger partial charge in [0.1, 0.15) is 5.75 Å². The van der Waals surface area contributed by atoms with Gasteiger partial charge in [-0.15, -0.1) is 0 Å². The molecule has 0 aliphatic heterocycles. The van der Waals surface area contributed by atoms with Crippen molar-refractivity contribution in [2.75, 3.05) is 13.7 Å². The number of nitrogens with two attached hydrogens (primary N) is 1.